The van der Waals surface area contributed by atoms with Crippen LogP contribution < -0.4 is 5.73 Å². The summed E-state index contributed by atoms with van der Waals surface area (Å²) in [4.78, 5) is 10.9. The fraction of sp³-hybridized carbons (Fsp3) is 0.100. The van der Waals surface area contributed by atoms with E-state index in [2.05, 4.69) is 6.58 Å². The average molecular weight is 161 g/mol. The van der Waals surface area contributed by atoms with Gasteiger partial charge >= 0.3 is 0 Å². The maximum Gasteiger partial charge on any atom is 0.159 e. The van der Waals surface area contributed by atoms with E-state index >= 15 is 0 Å². The number of nitrogens with two attached hydrogens (primary N) is 1. The monoisotopic (exact) mass is 161 g/mol. The van der Waals surface area contributed by atoms with E-state index in [0.717, 1.165) is 5.56 Å². The highest BCUT2D eigenvalue weighted by molar-refractivity contribution is 5.94. The molecule has 2 heteroatoms. The molecule has 0 amide bonds. The Kier molecular flexibility index (Phi) is 2.29. The third-order valence-corrected chi connectivity index (χ3v) is 1.64. The smallest absolute Gasteiger partial charge is 0.159 e. The SMILES string of the molecule is C=C(N)c1cccc(C(C)=O)c1. The zero-order chi connectivity index (χ0) is 9.14. The van der Waals surface area contributed by atoms with Crippen LogP contribution in [0.1, 0.15) is 22.8 Å². The number of carbonyl (C=O) groups excluding carboxylic acids is 1. The van der Waals surface area contributed by atoms with Crippen LogP contribution in [0.5, 0.6) is 0 Å². The fourth-order valence-corrected chi connectivity index (χ4v) is 0.938. The van der Waals surface area contributed by atoms with Crippen LogP contribution in [-0.2, 0) is 0 Å². The minimum absolute atomic E-state index is 0.0399. The van der Waals surface area contributed by atoms with Gasteiger partial charge in [-0.2, -0.15) is 0 Å². The minimum Gasteiger partial charge on any atom is -0.399 e. The second kappa shape index (κ2) is 3.22. The fourth-order valence-electron chi connectivity index (χ4n) is 0.938. The lowest BCUT2D eigenvalue weighted by Gasteiger charge is -2.00. The van der Waals surface area contributed by atoms with Crippen LogP contribution in [0.2, 0.25) is 0 Å². The summed E-state index contributed by atoms with van der Waals surface area (Å²) in [6.45, 7) is 5.12. The van der Waals surface area contributed by atoms with Crippen LogP contribution in [0.25, 0.3) is 5.70 Å². The Balaban J connectivity index is 3.12. The molecule has 0 unspecified atom stereocenters. The number of benzene rings is 1. The predicted molar refractivity (Wildman–Crippen MR) is 49.7 cm³/mol. The minimum atomic E-state index is 0.0399. The summed E-state index contributed by atoms with van der Waals surface area (Å²) in [5, 5.41) is 0. The van der Waals surface area contributed by atoms with E-state index in [4.69, 9.17) is 5.73 Å². The maximum absolute atomic E-state index is 10.9. The Labute approximate surface area is 71.7 Å². The Morgan fingerprint density at radius 2 is 2.00 bits per heavy atom. The molecule has 0 saturated carbocycles. The van der Waals surface area contributed by atoms with Crippen molar-refractivity contribution in [3.63, 3.8) is 0 Å². The molecule has 0 aromatic heterocycles. The van der Waals surface area contributed by atoms with Gasteiger partial charge in [0.25, 0.3) is 0 Å². The average Bonchev–Trinajstić information content (AvgIpc) is 2.04. The van der Waals surface area contributed by atoms with E-state index < -0.39 is 0 Å². The van der Waals surface area contributed by atoms with Crippen molar-refractivity contribution in [3.05, 3.63) is 42.0 Å². The van der Waals surface area contributed by atoms with Gasteiger partial charge in [0.15, 0.2) is 5.78 Å². The van der Waals surface area contributed by atoms with E-state index in [1.165, 1.54) is 6.92 Å². The van der Waals surface area contributed by atoms with Crippen LogP contribution in [0.15, 0.2) is 30.8 Å². The highest BCUT2D eigenvalue weighted by Crippen LogP contribution is 2.09. The van der Waals surface area contributed by atoms with Gasteiger partial charge in [0.2, 0.25) is 0 Å². The van der Waals surface area contributed by atoms with Gasteiger partial charge in [-0.15, -0.1) is 0 Å². The molecule has 62 valence electrons. The summed E-state index contributed by atoms with van der Waals surface area (Å²) in [6.07, 6.45) is 0. The molecule has 0 radical (unpaired) electrons. The first-order valence-electron chi connectivity index (χ1n) is 3.67. The second-order valence-electron chi connectivity index (χ2n) is 2.66. The Bertz CT molecular complexity index is 299. The largest absolute Gasteiger partial charge is 0.399 e. The zero-order valence-corrected chi connectivity index (χ0v) is 7.00. The molecular formula is C10H11NO. The van der Waals surface area contributed by atoms with Gasteiger partial charge in [0.1, 0.15) is 0 Å². The van der Waals surface area contributed by atoms with Gasteiger partial charge in [-0.3, -0.25) is 4.79 Å². The Morgan fingerprint density at radius 1 is 1.42 bits per heavy atom. The normalized spacial score (nSPS) is 9.42. The van der Waals surface area contributed by atoms with E-state index in [1.807, 2.05) is 6.07 Å². The molecule has 12 heavy (non-hydrogen) atoms. The third kappa shape index (κ3) is 1.72. The second-order valence-corrected chi connectivity index (χ2v) is 2.66. The molecule has 0 aliphatic rings. The van der Waals surface area contributed by atoms with E-state index in [-0.39, 0.29) is 5.78 Å². The molecule has 1 rings (SSSR count). The van der Waals surface area contributed by atoms with Crippen molar-refractivity contribution in [2.24, 2.45) is 5.73 Å². The maximum atomic E-state index is 10.9. The van der Waals surface area contributed by atoms with Crippen molar-refractivity contribution in [1.82, 2.24) is 0 Å². The van der Waals surface area contributed by atoms with Gasteiger partial charge in [0, 0.05) is 11.3 Å². The molecule has 0 atom stereocenters. The summed E-state index contributed by atoms with van der Waals surface area (Å²) < 4.78 is 0. The number of hydrogen-bond donors (Lipinski definition) is 1. The molecule has 1 aromatic carbocycles. The first-order valence-corrected chi connectivity index (χ1v) is 3.67. The summed E-state index contributed by atoms with van der Waals surface area (Å²) in [7, 11) is 0. The van der Waals surface area contributed by atoms with Crippen LogP contribution in [0, 0.1) is 0 Å². The number of carbonyl (C=O) groups is 1. The first kappa shape index (κ1) is 8.53. The van der Waals surface area contributed by atoms with Crippen molar-refractivity contribution < 1.29 is 4.79 Å². The summed E-state index contributed by atoms with van der Waals surface area (Å²) in [6, 6.07) is 7.12. The first-order chi connectivity index (χ1) is 5.61. The molecule has 0 heterocycles. The molecule has 0 aliphatic heterocycles. The molecule has 0 fully saturated rings. The standard InChI is InChI=1S/C10H11NO/c1-7(11)9-4-3-5-10(6-9)8(2)12/h3-6H,1,11H2,2H3. The lowest BCUT2D eigenvalue weighted by Crippen LogP contribution is -1.97. The van der Waals surface area contributed by atoms with Crippen molar-refractivity contribution >= 4 is 11.5 Å². The van der Waals surface area contributed by atoms with Gasteiger partial charge in [-0.1, -0.05) is 24.8 Å². The van der Waals surface area contributed by atoms with Crippen molar-refractivity contribution in [2.45, 2.75) is 6.92 Å². The number of rotatable bonds is 2. The van der Waals surface area contributed by atoms with E-state index in [1.54, 1.807) is 18.2 Å². The Morgan fingerprint density at radius 3 is 2.50 bits per heavy atom. The molecular weight excluding hydrogens is 150 g/mol. The van der Waals surface area contributed by atoms with Crippen molar-refractivity contribution in [1.29, 1.82) is 0 Å². The van der Waals surface area contributed by atoms with Crippen LogP contribution in [0.3, 0.4) is 0 Å². The van der Waals surface area contributed by atoms with Crippen LogP contribution >= 0.6 is 0 Å². The van der Waals surface area contributed by atoms with E-state index in [0.29, 0.717) is 11.3 Å². The number of hydrogen-bond acceptors (Lipinski definition) is 2. The van der Waals surface area contributed by atoms with Crippen molar-refractivity contribution in [3.8, 4) is 0 Å². The molecule has 2 N–H and O–H groups in total. The lowest BCUT2D eigenvalue weighted by molar-refractivity contribution is 0.101. The quantitative estimate of drug-likeness (QED) is 0.672. The van der Waals surface area contributed by atoms with E-state index in [9.17, 15) is 4.79 Å². The molecule has 1 aromatic rings. The molecule has 0 bridgehead atoms. The summed E-state index contributed by atoms with van der Waals surface area (Å²) in [5.74, 6) is 0.0399. The number of ketones is 1. The van der Waals surface area contributed by atoms with Gasteiger partial charge in [-0.25, -0.2) is 0 Å². The highest BCUT2D eigenvalue weighted by Gasteiger charge is 2.00. The van der Waals surface area contributed by atoms with Crippen molar-refractivity contribution in [2.75, 3.05) is 0 Å². The summed E-state index contributed by atoms with van der Waals surface area (Å²) in [5.41, 5.74) is 7.44. The third-order valence-electron chi connectivity index (χ3n) is 1.64. The van der Waals surface area contributed by atoms with Crippen LogP contribution in [0.4, 0.5) is 0 Å². The topological polar surface area (TPSA) is 43.1 Å². The zero-order valence-electron chi connectivity index (χ0n) is 7.00. The van der Waals surface area contributed by atoms with Gasteiger partial charge in [-0.05, 0) is 18.6 Å². The molecule has 2 nitrogen and oxygen atoms in total. The number of Topliss-reactive ketones (excluding diaryl/α,β-unsaturated/α-hetero) is 1. The van der Waals surface area contributed by atoms with Gasteiger partial charge in [0.05, 0.1) is 0 Å². The molecule has 0 saturated heterocycles. The lowest BCUT2D eigenvalue weighted by atomic mass is 10.1. The molecule has 0 spiro atoms. The van der Waals surface area contributed by atoms with Crippen LogP contribution in [-0.4, -0.2) is 5.78 Å². The highest BCUT2D eigenvalue weighted by atomic mass is 16.1. The summed E-state index contributed by atoms with van der Waals surface area (Å²) >= 11 is 0. The Hall–Kier alpha value is -1.57. The molecule has 0 aliphatic carbocycles. The van der Waals surface area contributed by atoms with Gasteiger partial charge < -0.3 is 5.73 Å². The predicted octanol–water partition coefficient (Wildman–Crippen LogP) is 1.82.